The molecule has 17 heavy (non-hydrogen) atoms. The van der Waals surface area contributed by atoms with Gasteiger partial charge in [-0.1, -0.05) is 31.2 Å². The number of benzene rings is 1. The molecule has 0 aliphatic heterocycles. The number of aromatic amines is 2. The van der Waals surface area contributed by atoms with E-state index in [1.54, 1.807) is 0 Å². The molecule has 1 heterocycles. The lowest BCUT2D eigenvalue weighted by Crippen LogP contribution is -2.12. The lowest BCUT2D eigenvalue weighted by Gasteiger charge is -2.03. The van der Waals surface area contributed by atoms with Crippen molar-refractivity contribution in [3.63, 3.8) is 0 Å². The summed E-state index contributed by atoms with van der Waals surface area (Å²) in [4.78, 5) is 11.6. The van der Waals surface area contributed by atoms with Crippen molar-refractivity contribution in [2.75, 3.05) is 6.54 Å². The quantitative estimate of drug-likeness (QED) is 0.744. The van der Waals surface area contributed by atoms with Crippen LogP contribution in [0.5, 0.6) is 0 Å². The van der Waals surface area contributed by atoms with Gasteiger partial charge in [-0.05, 0) is 30.5 Å². The summed E-state index contributed by atoms with van der Waals surface area (Å²) < 4.78 is 0. The molecule has 1 aromatic heterocycles. The first-order chi connectivity index (χ1) is 8.26. The van der Waals surface area contributed by atoms with E-state index in [-0.39, 0.29) is 5.56 Å². The number of aryl methyl sites for hydroxylation is 1. The Morgan fingerprint density at radius 2 is 1.88 bits per heavy atom. The molecule has 0 bridgehead atoms. The van der Waals surface area contributed by atoms with Crippen molar-refractivity contribution in [1.82, 2.24) is 10.2 Å². The second kappa shape index (κ2) is 5.01. The lowest BCUT2D eigenvalue weighted by atomic mass is 10.0. The molecular weight excluding hydrogens is 214 g/mol. The SMILES string of the molecule is CCc1ccc(-c2[nH][nH]c(=O)c2CCN)cc1. The molecule has 2 aromatic rings. The third-order valence-corrected chi connectivity index (χ3v) is 2.92. The van der Waals surface area contributed by atoms with Crippen molar-refractivity contribution in [1.29, 1.82) is 0 Å². The smallest absolute Gasteiger partial charge is 0.267 e. The summed E-state index contributed by atoms with van der Waals surface area (Å²) in [6.07, 6.45) is 1.60. The van der Waals surface area contributed by atoms with E-state index >= 15 is 0 Å². The Bertz CT molecular complexity index is 537. The first-order valence-electron chi connectivity index (χ1n) is 5.85. The van der Waals surface area contributed by atoms with Crippen molar-refractivity contribution >= 4 is 0 Å². The summed E-state index contributed by atoms with van der Waals surface area (Å²) in [7, 11) is 0. The minimum absolute atomic E-state index is 0.0787. The van der Waals surface area contributed by atoms with Crippen LogP contribution in [0, 0.1) is 0 Å². The highest BCUT2D eigenvalue weighted by molar-refractivity contribution is 5.62. The maximum atomic E-state index is 11.6. The van der Waals surface area contributed by atoms with Gasteiger partial charge >= 0.3 is 0 Å². The van der Waals surface area contributed by atoms with Crippen LogP contribution in [-0.4, -0.2) is 16.7 Å². The van der Waals surface area contributed by atoms with Crippen molar-refractivity contribution < 1.29 is 0 Å². The minimum atomic E-state index is -0.0787. The van der Waals surface area contributed by atoms with Gasteiger partial charge in [0.2, 0.25) is 0 Å². The molecule has 0 atom stereocenters. The Hall–Kier alpha value is -1.81. The molecular formula is C13H17N3O. The van der Waals surface area contributed by atoms with Gasteiger partial charge in [-0.2, -0.15) is 0 Å². The Morgan fingerprint density at radius 3 is 2.47 bits per heavy atom. The van der Waals surface area contributed by atoms with E-state index in [0.717, 1.165) is 23.2 Å². The summed E-state index contributed by atoms with van der Waals surface area (Å²) in [6, 6.07) is 8.20. The summed E-state index contributed by atoms with van der Waals surface area (Å²) in [5, 5.41) is 5.53. The summed E-state index contributed by atoms with van der Waals surface area (Å²) in [6.45, 7) is 2.59. The topological polar surface area (TPSA) is 74.7 Å². The van der Waals surface area contributed by atoms with E-state index in [2.05, 4.69) is 29.3 Å². The number of nitrogens with two attached hydrogens (primary N) is 1. The molecule has 1 aromatic carbocycles. The summed E-state index contributed by atoms with van der Waals surface area (Å²) >= 11 is 0. The first kappa shape index (κ1) is 11.7. The van der Waals surface area contributed by atoms with Gasteiger partial charge in [0.1, 0.15) is 0 Å². The van der Waals surface area contributed by atoms with Crippen LogP contribution in [-0.2, 0) is 12.8 Å². The molecule has 0 aliphatic rings. The predicted octanol–water partition coefficient (Wildman–Crippen LogP) is 1.43. The van der Waals surface area contributed by atoms with Crippen LogP contribution in [0.15, 0.2) is 29.1 Å². The molecule has 0 amide bonds. The summed E-state index contributed by atoms with van der Waals surface area (Å²) in [5.74, 6) is 0. The number of hydrogen-bond acceptors (Lipinski definition) is 2. The molecule has 0 aliphatic carbocycles. The highest BCUT2D eigenvalue weighted by Crippen LogP contribution is 2.19. The average molecular weight is 231 g/mol. The fourth-order valence-electron chi connectivity index (χ4n) is 1.92. The molecule has 4 nitrogen and oxygen atoms in total. The Morgan fingerprint density at radius 1 is 1.18 bits per heavy atom. The van der Waals surface area contributed by atoms with Crippen LogP contribution in [0.2, 0.25) is 0 Å². The third-order valence-electron chi connectivity index (χ3n) is 2.92. The highest BCUT2D eigenvalue weighted by atomic mass is 16.1. The third kappa shape index (κ3) is 2.31. The number of H-pyrrole nitrogens is 2. The van der Waals surface area contributed by atoms with Gasteiger partial charge in [0.05, 0.1) is 5.69 Å². The molecule has 4 heteroatoms. The Balaban J connectivity index is 2.41. The molecule has 4 N–H and O–H groups in total. The van der Waals surface area contributed by atoms with Gasteiger partial charge in [-0.3, -0.25) is 15.0 Å². The maximum absolute atomic E-state index is 11.6. The molecule has 0 saturated heterocycles. The highest BCUT2D eigenvalue weighted by Gasteiger charge is 2.10. The van der Waals surface area contributed by atoms with E-state index in [4.69, 9.17) is 5.73 Å². The Labute approximate surface area is 99.8 Å². The monoisotopic (exact) mass is 231 g/mol. The summed E-state index contributed by atoms with van der Waals surface area (Å²) in [5.41, 5.74) is 9.32. The number of nitrogens with one attached hydrogen (secondary N) is 2. The van der Waals surface area contributed by atoms with Crippen LogP contribution in [0.1, 0.15) is 18.1 Å². The van der Waals surface area contributed by atoms with Crippen LogP contribution in [0.4, 0.5) is 0 Å². The predicted molar refractivity (Wildman–Crippen MR) is 69.0 cm³/mol. The fourth-order valence-corrected chi connectivity index (χ4v) is 1.92. The molecule has 0 unspecified atom stereocenters. The largest absolute Gasteiger partial charge is 0.330 e. The van der Waals surface area contributed by atoms with E-state index in [1.807, 2.05) is 12.1 Å². The van der Waals surface area contributed by atoms with E-state index in [1.165, 1.54) is 5.56 Å². The molecule has 0 radical (unpaired) electrons. The zero-order chi connectivity index (χ0) is 12.3. The second-order valence-electron chi connectivity index (χ2n) is 4.02. The van der Waals surface area contributed by atoms with Gasteiger partial charge in [-0.25, -0.2) is 0 Å². The average Bonchev–Trinajstić information content (AvgIpc) is 2.72. The minimum Gasteiger partial charge on any atom is -0.330 e. The number of aromatic nitrogens is 2. The molecule has 2 rings (SSSR count). The van der Waals surface area contributed by atoms with Crippen LogP contribution in [0.25, 0.3) is 11.3 Å². The van der Waals surface area contributed by atoms with Gasteiger partial charge in [-0.15, -0.1) is 0 Å². The van der Waals surface area contributed by atoms with Crippen LogP contribution >= 0.6 is 0 Å². The Kier molecular flexibility index (Phi) is 3.44. The van der Waals surface area contributed by atoms with Crippen LogP contribution < -0.4 is 11.3 Å². The van der Waals surface area contributed by atoms with Gasteiger partial charge < -0.3 is 5.73 Å². The number of rotatable bonds is 4. The van der Waals surface area contributed by atoms with Gasteiger partial charge in [0.15, 0.2) is 0 Å². The molecule has 0 fully saturated rings. The number of hydrogen-bond donors (Lipinski definition) is 3. The first-order valence-corrected chi connectivity index (χ1v) is 5.85. The maximum Gasteiger partial charge on any atom is 0.267 e. The van der Waals surface area contributed by atoms with Gasteiger partial charge in [0, 0.05) is 5.56 Å². The molecule has 0 saturated carbocycles. The lowest BCUT2D eigenvalue weighted by molar-refractivity contribution is 0.960. The standard InChI is InChI=1S/C13H17N3O/c1-2-9-3-5-10(6-4-9)12-11(7-8-14)13(17)16-15-12/h3-6H,2,7-8,14H2,1H3,(H2,15,16,17). The van der Waals surface area contributed by atoms with E-state index in [9.17, 15) is 4.79 Å². The van der Waals surface area contributed by atoms with Crippen molar-refractivity contribution in [2.24, 2.45) is 5.73 Å². The zero-order valence-electron chi connectivity index (χ0n) is 9.92. The normalized spacial score (nSPS) is 10.7. The molecule has 0 spiro atoms. The van der Waals surface area contributed by atoms with Crippen molar-refractivity contribution in [3.05, 3.63) is 45.7 Å². The zero-order valence-corrected chi connectivity index (χ0v) is 9.92. The molecule has 90 valence electrons. The van der Waals surface area contributed by atoms with E-state index in [0.29, 0.717) is 13.0 Å². The van der Waals surface area contributed by atoms with Crippen LogP contribution in [0.3, 0.4) is 0 Å². The van der Waals surface area contributed by atoms with Crippen molar-refractivity contribution in [2.45, 2.75) is 19.8 Å². The fraction of sp³-hybridized carbons (Fsp3) is 0.308. The van der Waals surface area contributed by atoms with Crippen molar-refractivity contribution in [3.8, 4) is 11.3 Å². The second-order valence-corrected chi connectivity index (χ2v) is 4.02. The van der Waals surface area contributed by atoms with E-state index < -0.39 is 0 Å². The van der Waals surface area contributed by atoms with Gasteiger partial charge in [0.25, 0.3) is 5.56 Å².